The van der Waals surface area contributed by atoms with Gasteiger partial charge in [-0.2, -0.15) is 0 Å². The largest absolute Gasteiger partial charge is 0.342 e. The smallest absolute Gasteiger partial charge is 0.238 e. The summed E-state index contributed by atoms with van der Waals surface area (Å²) in [6.45, 7) is 4.57. The first-order valence-corrected chi connectivity index (χ1v) is 12.4. The van der Waals surface area contributed by atoms with Gasteiger partial charge in [0.2, 0.25) is 15.9 Å². The van der Waals surface area contributed by atoms with E-state index in [1.54, 1.807) is 6.07 Å². The quantitative estimate of drug-likeness (QED) is 0.689. The molecule has 7 nitrogen and oxygen atoms in total. The highest BCUT2D eigenvalue weighted by atomic mass is 32.2. The summed E-state index contributed by atoms with van der Waals surface area (Å²) >= 11 is 1.43. The molecule has 1 fully saturated rings. The average Bonchev–Trinajstić information content (AvgIpc) is 2.82. The number of carbonyl (C=O) groups excluding carboxylic acids is 1. The summed E-state index contributed by atoms with van der Waals surface area (Å²) in [5.74, 6) is 0.489. The number of hydrogen-bond donors (Lipinski definition) is 1. The number of aromatic nitrogens is 2. The molecule has 0 bridgehead atoms. The lowest BCUT2D eigenvalue weighted by molar-refractivity contribution is -0.128. The number of nitrogens with two attached hydrogens (primary N) is 1. The van der Waals surface area contributed by atoms with E-state index in [4.69, 9.17) is 5.14 Å². The van der Waals surface area contributed by atoms with Crippen molar-refractivity contribution in [3.8, 4) is 0 Å². The molecule has 0 atom stereocenters. The summed E-state index contributed by atoms with van der Waals surface area (Å²) in [7, 11) is -3.78. The standard InChI is InChI=1S/C19H28N4O3S2/c1-2-3-12-23-17-9-8-15(28(20,25)26)13-16(17)21-19(23)27-14-18(24)22-10-6-4-5-7-11-22/h8-9,13H,2-7,10-12,14H2,1H3,(H2,20,25,26). The van der Waals surface area contributed by atoms with E-state index >= 15 is 0 Å². The van der Waals surface area contributed by atoms with Gasteiger partial charge in [-0.25, -0.2) is 18.5 Å². The Hall–Kier alpha value is -1.58. The lowest BCUT2D eigenvalue weighted by Gasteiger charge is -2.20. The highest BCUT2D eigenvalue weighted by Gasteiger charge is 2.19. The average molecular weight is 425 g/mol. The van der Waals surface area contributed by atoms with E-state index < -0.39 is 10.0 Å². The number of aryl methyl sites for hydroxylation is 1. The molecule has 1 aromatic heterocycles. The van der Waals surface area contributed by atoms with Crippen LogP contribution in [-0.2, 0) is 21.4 Å². The lowest BCUT2D eigenvalue weighted by Crippen LogP contribution is -2.33. The lowest BCUT2D eigenvalue weighted by atomic mass is 10.2. The van der Waals surface area contributed by atoms with Crippen LogP contribution < -0.4 is 5.14 Å². The molecular formula is C19H28N4O3S2. The molecule has 2 N–H and O–H groups in total. The highest BCUT2D eigenvalue weighted by molar-refractivity contribution is 7.99. The highest BCUT2D eigenvalue weighted by Crippen LogP contribution is 2.27. The summed E-state index contributed by atoms with van der Waals surface area (Å²) in [4.78, 5) is 19.2. The number of unbranched alkanes of at least 4 members (excludes halogenated alkanes) is 1. The zero-order chi connectivity index (χ0) is 20.1. The zero-order valence-electron chi connectivity index (χ0n) is 16.3. The van der Waals surface area contributed by atoms with Gasteiger partial charge in [0.05, 0.1) is 21.7 Å². The maximum Gasteiger partial charge on any atom is 0.238 e. The van der Waals surface area contributed by atoms with E-state index in [2.05, 4.69) is 16.5 Å². The van der Waals surface area contributed by atoms with Gasteiger partial charge in [0.25, 0.3) is 0 Å². The number of nitrogens with zero attached hydrogens (tertiary/aromatic N) is 3. The zero-order valence-corrected chi connectivity index (χ0v) is 17.9. The topological polar surface area (TPSA) is 98.3 Å². The van der Waals surface area contributed by atoms with E-state index in [1.165, 1.54) is 36.7 Å². The Kier molecular flexibility index (Phi) is 7.00. The molecule has 154 valence electrons. The van der Waals surface area contributed by atoms with E-state index in [9.17, 15) is 13.2 Å². The Balaban J connectivity index is 1.82. The molecule has 1 aromatic carbocycles. The van der Waals surface area contributed by atoms with Gasteiger partial charge in [-0.15, -0.1) is 0 Å². The van der Waals surface area contributed by atoms with Crippen molar-refractivity contribution in [1.29, 1.82) is 0 Å². The fourth-order valence-electron chi connectivity index (χ4n) is 3.44. The number of benzene rings is 1. The van der Waals surface area contributed by atoms with Crippen LogP contribution >= 0.6 is 11.8 Å². The van der Waals surface area contributed by atoms with E-state index in [0.717, 1.165) is 56.0 Å². The second kappa shape index (κ2) is 9.28. The van der Waals surface area contributed by atoms with Crippen LogP contribution in [0.3, 0.4) is 0 Å². The predicted molar refractivity (Wildman–Crippen MR) is 112 cm³/mol. The Labute approximate surface area is 170 Å². The number of sulfonamides is 1. The molecule has 0 aliphatic carbocycles. The summed E-state index contributed by atoms with van der Waals surface area (Å²) in [6.07, 6.45) is 6.54. The minimum atomic E-state index is -3.78. The number of thioether (sulfide) groups is 1. The van der Waals surface area contributed by atoms with E-state index in [1.807, 2.05) is 4.90 Å². The Morgan fingerprint density at radius 1 is 1.21 bits per heavy atom. The number of amides is 1. The van der Waals surface area contributed by atoms with Crippen LogP contribution in [-0.4, -0.2) is 47.6 Å². The van der Waals surface area contributed by atoms with Crippen molar-refractivity contribution in [2.24, 2.45) is 5.14 Å². The van der Waals surface area contributed by atoms with Crippen LogP contribution in [0.25, 0.3) is 11.0 Å². The van der Waals surface area contributed by atoms with Crippen LogP contribution in [0.1, 0.15) is 45.4 Å². The molecule has 0 unspecified atom stereocenters. The van der Waals surface area contributed by atoms with Gasteiger partial charge >= 0.3 is 0 Å². The maximum absolute atomic E-state index is 12.6. The maximum atomic E-state index is 12.6. The number of fused-ring (bicyclic) bond motifs is 1. The fourth-order valence-corrected chi connectivity index (χ4v) is 4.92. The Morgan fingerprint density at radius 2 is 1.93 bits per heavy atom. The fraction of sp³-hybridized carbons (Fsp3) is 0.579. The molecule has 0 radical (unpaired) electrons. The number of likely N-dealkylation sites (tertiary alicyclic amines) is 1. The summed E-state index contributed by atoms with van der Waals surface area (Å²) in [5.41, 5.74) is 1.46. The minimum Gasteiger partial charge on any atom is -0.342 e. The van der Waals surface area contributed by atoms with Crippen molar-refractivity contribution in [2.75, 3.05) is 18.8 Å². The van der Waals surface area contributed by atoms with Gasteiger partial charge in [0.1, 0.15) is 0 Å². The number of hydrogen-bond acceptors (Lipinski definition) is 5. The van der Waals surface area contributed by atoms with Gasteiger partial charge in [-0.3, -0.25) is 4.79 Å². The normalized spacial score (nSPS) is 15.7. The van der Waals surface area contributed by atoms with Gasteiger partial charge in [0, 0.05) is 19.6 Å². The van der Waals surface area contributed by atoms with Crippen molar-refractivity contribution in [2.45, 2.75) is 62.0 Å². The SMILES string of the molecule is CCCCn1c(SCC(=O)N2CCCCCC2)nc2cc(S(N)(=O)=O)ccc21. The Bertz CT molecular complexity index is 932. The van der Waals surface area contributed by atoms with Crippen molar-refractivity contribution in [1.82, 2.24) is 14.5 Å². The van der Waals surface area contributed by atoms with Crippen LogP contribution in [0.15, 0.2) is 28.3 Å². The minimum absolute atomic E-state index is 0.0531. The van der Waals surface area contributed by atoms with Gasteiger partial charge in [-0.05, 0) is 37.5 Å². The molecular weight excluding hydrogens is 396 g/mol. The molecule has 1 amide bonds. The number of carbonyl (C=O) groups is 1. The van der Waals surface area contributed by atoms with Gasteiger partial charge < -0.3 is 9.47 Å². The second-order valence-corrected chi connectivity index (χ2v) is 9.68. The van der Waals surface area contributed by atoms with Gasteiger partial charge in [-0.1, -0.05) is 37.9 Å². The first kappa shape index (κ1) is 21.1. The summed E-state index contributed by atoms with van der Waals surface area (Å²) in [5, 5.41) is 6.00. The molecule has 2 heterocycles. The van der Waals surface area contributed by atoms with Crippen LogP contribution in [0.4, 0.5) is 0 Å². The third-order valence-corrected chi connectivity index (χ3v) is 6.90. The molecule has 28 heavy (non-hydrogen) atoms. The Morgan fingerprint density at radius 3 is 2.57 bits per heavy atom. The molecule has 3 rings (SSSR count). The summed E-state index contributed by atoms with van der Waals surface area (Å²) < 4.78 is 25.4. The number of primary sulfonamides is 1. The van der Waals surface area contributed by atoms with Crippen molar-refractivity contribution < 1.29 is 13.2 Å². The molecule has 1 aliphatic heterocycles. The molecule has 9 heteroatoms. The van der Waals surface area contributed by atoms with Crippen LogP contribution in [0.5, 0.6) is 0 Å². The third-order valence-electron chi connectivity index (χ3n) is 5.03. The molecule has 1 aliphatic rings. The van der Waals surface area contributed by atoms with Crippen LogP contribution in [0, 0.1) is 0 Å². The first-order valence-electron chi connectivity index (χ1n) is 9.84. The third kappa shape index (κ3) is 5.07. The molecule has 0 spiro atoms. The van der Waals surface area contributed by atoms with Crippen LogP contribution in [0.2, 0.25) is 0 Å². The summed E-state index contributed by atoms with van der Waals surface area (Å²) in [6, 6.07) is 4.77. The molecule has 1 saturated heterocycles. The first-order chi connectivity index (χ1) is 13.4. The van der Waals surface area contributed by atoms with Crippen molar-refractivity contribution in [3.05, 3.63) is 18.2 Å². The van der Waals surface area contributed by atoms with Crippen molar-refractivity contribution >= 4 is 38.7 Å². The number of imidazole rings is 1. The van der Waals surface area contributed by atoms with Crippen molar-refractivity contribution in [3.63, 3.8) is 0 Å². The van der Waals surface area contributed by atoms with E-state index in [0.29, 0.717) is 11.3 Å². The van der Waals surface area contributed by atoms with Gasteiger partial charge in [0.15, 0.2) is 5.16 Å². The predicted octanol–water partition coefficient (Wildman–Crippen LogP) is 2.98. The second-order valence-electron chi connectivity index (χ2n) is 7.18. The molecule has 0 saturated carbocycles. The van der Waals surface area contributed by atoms with E-state index in [-0.39, 0.29) is 10.8 Å². The molecule has 2 aromatic rings. The monoisotopic (exact) mass is 424 g/mol. The number of rotatable bonds is 7.